The summed E-state index contributed by atoms with van der Waals surface area (Å²) in [6, 6.07) is 0. The predicted octanol–water partition coefficient (Wildman–Crippen LogP) is 18.3. The van der Waals surface area contributed by atoms with E-state index in [1.807, 2.05) is 21.1 Å². The van der Waals surface area contributed by atoms with Gasteiger partial charge in [-0.1, -0.05) is 268 Å². The second-order valence-corrected chi connectivity index (χ2v) is 23.1. The van der Waals surface area contributed by atoms with Crippen molar-refractivity contribution in [2.24, 2.45) is 0 Å². The summed E-state index contributed by atoms with van der Waals surface area (Å²) in [5.74, 6) is -0.822. The van der Waals surface area contributed by atoms with Crippen LogP contribution in [0.25, 0.3) is 0 Å². The molecule has 9 nitrogen and oxygen atoms in total. The van der Waals surface area contributed by atoms with E-state index in [-0.39, 0.29) is 32.0 Å². The van der Waals surface area contributed by atoms with Crippen LogP contribution in [0, 0.1) is 0 Å². The Morgan fingerprint density at radius 3 is 1.18 bits per heavy atom. The lowest BCUT2D eigenvalue weighted by Crippen LogP contribution is -2.37. The van der Waals surface area contributed by atoms with Crippen LogP contribution in [0.4, 0.5) is 0 Å². The average molecular weight is 1030 g/mol. The highest BCUT2D eigenvalue weighted by molar-refractivity contribution is 7.45. The van der Waals surface area contributed by atoms with Crippen LogP contribution in [0.3, 0.4) is 0 Å². The van der Waals surface area contributed by atoms with Gasteiger partial charge >= 0.3 is 11.9 Å². The number of unbranched alkanes of at least 4 members (excludes halogenated alkanes) is 34. The number of phosphoric ester groups is 1. The normalized spacial score (nSPS) is 13.6. The van der Waals surface area contributed by atoms with Crippen molar-refractivity contribution >= 4 is 19.8 Å². The molecule has 0 saturated carbocycles. The molecule has 0 radical (unpaired) electrons. The van der Waals surface area contributed by atoms with Crippen molar-refractivity contribution in [2.75, 3.05) is 47.5 Å². The lowest BCUT2D eigenvalue weighted by atomic mass is 10.0. The van der Waals surface area contributed by atoms with E-state index < -0.39 is 26.5 Å². The summed E-state index contributed by atoms with van der Waals surface area (Å²) in [5.41, 5.74) is 0. The van der Waals surface area contributed by atoms with E-state index in [0.29, 0.717) is 17.4 Å². The van der Waals surface area contributed by atoms with E-state index in [0.717, 1.165) is 64.2 Å². The molecule has 2 unspecified atom stereocenters. The van der Waals surface area contributed by atoms with E-state index in [9.17, 15) is 19.0 Å². The van der Waals surface area contributed by atoms with Crippen molar-refractivity contribution < 1.29 is 42.1 Å². The molecule has 0 aromatic heterocycles. The molecule has 0 saturated heterocycles. The largest absolute Gasteiger partial charge is 0.756 e. The molecular weight excluding hydrogens is 918 g/mol. The Morgan fingerprint density at radius 1 is 0.444 bits per heavy atom. The van der Waals surface area contributed by atoms with Crippen LogP contribution in [-0.2, 0) is 32.7 Å². The van der Waals surface area contributed by atoms with Gasteiger partial charge in [-0.05, 0) is 51.4 Å². The van der Waals surface area contributed by atoms with Gasteiger partial charge in [0.05, 0.1) is 27.7 Å². The highest BCUT2D eigenvalue weighted by Crippen LogP contribution is 2.38. The Kier molecular flexibility index (Phi) is 52.3. The molecule has 0 aliphatic rings. The van der Waals surface area contributed by atoms with Gasteiger partial charge in [0.2, 0.25) is 0 Å². The zero-order valence-corrected chi connectivity index (χ0v) is 48.8. The number of phosphoric acid groups is 1. The summed E-state index contributed by atoms with van der Waals surface area (Å²) in [7, 11) is 1.17. The lowest BCUT2D eigenvalue weighted by molar-refractivity contribution is -0.870. The van der Waals surface area contributed by atoms with Crippen LogP contribution in [0.1, 0.15) is 284 Å². The van der Waals surface area contributed by atoms with E-state index in [1.165, 1.54) is 186 Å². The van der Waals surface area contributed by atoms with Gasteiger partial charge in [0.25, 0.3) is 7.82 Å². The molecule has 0 amide bonds. The molecule has 72 heavy (non-hydrogen) atoms. The number of esters is 2. The van der Waals surface area contributed by atoms with Crippen LogP contribution in [-0.4, -0.2) is 70.0 Å². The number of carbonyl (C=O) groups excluding carboxylic acids is 2. The van der Waals surface area contributed by atoms with Crippen molar-refractivity contribution in [3.8, 4) is 0 Å². The van der Waals surface area contributed by atoms with Crippen LogP contribution in [0.5, 0.6) is 0 Å². The van der Waals surface area contributed by atoms with Crippen molar-refractivity contribution in [3.05, 3.63) is 48.6 Å². The number of likely N-dealkylation sites (N-methyl/N-ethyl adjacent to an activating group) is 1. The molecule has 0 N–H and O–H groups in total. The third-order valence-electron chi connectivity index (χ3n) is 13.4. The number of nitrogens with zero attached hydrogens (tertiary/aromatic N) is 1. The summed E-state index contributed by atoms with van der Waals surface area (Å²) in [6.07, 6.45) is 67.3. The number of carbonyl (C=O) groups is 2. The minimum atomic E-state index is -4.64. The minimum absolute atomic E-state index is 0.0303. The molecular formula is C62H116NO8P. The molecule has 0 aliphatic carbocycles. The Morgan fingerprint density at radius 2 is 0.792 bits per heavy atom. The molecule has 0 bridgehead atoms. The Hall–Kier alpha value is -2.03. The van der Waals surface area contributed by atoms with Crippen LogP contribution in [0.2, 0.25) is 0 Å². The fourth-order valence-electron chi connectivity index (χ4n) is 8.71. The number of ether oxygens (including phenoxy) is 2. The zero-order chi connectivity index (χ0) is 52.7. The molecule has 0 rings (SSSR count). The van der Waals surface area contributed by atoms with Gasteiger partial charge < -0.3 is 27.9 Å². The number of quaternary nitrogens is 1. The monoisotopic (exact) mass is 1030 g/mol. The number of allylic oxidation sites excluding steroid dienone is 8. The minimum Gasteiger partial charge on any atom is -0.756 e. The van der Waals surface area contributed by atoms with Gasteiger partial charge in [-0.3, -0.25) is 14.2 Å². The van der Waals surface area contributed by atoms with E-state index in [1.54, 1.807) is 0 Å². The maximum Gasteiger partial charge on any atom is 0.306 e. The summed E-state index contributed by atoms with van der Waals surface area (Å²) < 4.78 is 34.2. The maximum atomic E-state index is 12.8. The topological polar surface area (TPSA) is 111 Å². The van der Waals surface area contributed by atoms with Gasteiger partial charge in [-0.2, -0.15) is 0 Å². The van der Waals surface area contributed by atoms with Crippen LogP contribution >= 0.6 is 7.82 Å². The van der Waals surface area contributed by atoms with Crippen molar-refractivity contribution in [1.82, 2.24) is 0 Å². The van der Waals surface area contributed by atoms with Gasteiger partial charge in [0, 0.05) is 12.8 Å². The second kappa shape index (κ2) is 53.8. The quantitative estimate of drug-likeness (QED) is 0.0195. The maximum absolute atomic E-state index is 12.8. The molecule has 0 aromatic carbocycles. The first kappa shape index (κ1) is 70.0. The third kappa shape index (κ3) is 57.3. The first-order chi connectivity index (χ1) is 35.0. The molecule has 0 fully saturated rings. The van der Waals surface area contributed by atoms with Crippen molar-refractivity contribution in [1.29, 1.82) is 0 Å². The Bertz CT molecular complexity index is 1360. The summed E-state index contributed by atoms with van der Waals surface area (Å²) in [6.45, 7) is 4.17. The highest BCUT2D eigenvalue weighted by Gasteiger charge is 2.22. The fourth-order valence-corrected chi connectivity index (χ4v) is 9.44. The van der Waals surface area contributed by atoms with Crippen LogP contribution in [0.15, 0.2) is 48.6 Å². The smallest absolute Gasteiger partial charge is 0.306 e. The standard InChI is InChI=1S/C62H116NO8P/c1-6-8-10-12-14-16-18-20-22-24-26-28-30-31-33-35-37-39-41-43-45-47-49-51-53-55-62(65)71-60(59-70-72(66,67)69-57-56-63(3,4)5)58-68-61(64)54-52-50-48-46-44-42-40-38-36-34-32-29-27-25-23-21-19-17-15-13-11-9-7-2/h8,10,14,16,20,22,26,28,60H,6-7,9,11-13,15,17-19,21,23-25,27,29-59H2,1-5H3/b10-8-,16-14-,22-20-,28-26-. The lowest BCUT2D eigenvalue weighted by Gasteiger charge is -2.28. The number of hydrogen-bond acceptors (Lipinski definition) is 8. The molecule has 0 spiro atoms. The zero-order valence-electron chi connectivity index (χ0n) is 47.9. The van der Waals surface area contributed by atoms with Gasteiger partial charge in [0.1, 0.15) is 19.8 Å². The molecule has 10 heteroatoms. The molecule has 0 aliphatic heterocycles. The first-order valence-electron chi connectivity index (χ1n) is 30.3. The number of rotatable bonds is 56. The van der Waals surface area contributed by atoms with Crippen molar-refractivity contribution in [2.45, 2.75) is 290 Å². The SMILES string of the molecule is CC/C=C\C/C=C\C/C=C\C/C=C\CCCCCCCCCCCCCCC(=O)OC(COC(=O)CCCCCCCCCCCCCCCCCCCCCCCCC)COP(=O)([O-])OCC[N+](C)(C)C. The fraction of sp³-hybridized carbons (Fsp3) is 0.839. The highest BCUT2D eigenvalue weighted by atomic mass is 31.2. The van der Waals surface area contributed by atoms with Crippen molar-refractivity contribution in [3.63, 3.8) is 0 Å². The van der Waals surface area contributed by atoms with Crippen LogP contribution < -0.4 is 4.89 Å². The van der Waals surface area contributed by atoms with Gasteiger partial charge in [0.15, 0.2) is 6.10 Å². The Balaban J connectivity index is 4.11. The Labute approximate surface area is 445 Å². The first-order valence-corrected chi connectivity index (χ1v) is 31.8. The average Bonchev–Trinajstić information content (AvgIpc) is 3.34. The second-order valence-electron chi connectivity index (χ2n) is 21.7. The summed E-state index contributed by atoms with van der Waals surface area (Å²) in [4.78, 5) is 37.9. The molecule has 2 atom stereocenters. The number of hydrogen-bond donors (Lipinski definition) is 0. The molecule has 0 aromatic rings. The molecule has 422 valence electrons. The van der Waals surface area contributed by atoms with E-state index in [4.69, 9.17) is 18.5 Å². The summed E-state index contributed by atoms with van der Waals surface area (Å²) >= 11 is 0. The molecule has 0 heterocycles. The summed E-state index contributed by atoms with van der Waals surface area (Å²) in [5, 5.41) is 0. The predicted molar refractivity (Wildman–Crippen MR) is 305 cm³/mol. The van der Waals surface area contributed by atoms with E-state index in [2.05, 4.69) is 62.5 Å². The van der Waals surface area contributed by atoms with Gasteiger partial charge in [-0.25, -0.2) is 0 Å². The van der Waals surface area contributed by atoms with E-state index >= 15 is 0 Å². The third-order valence-corrected chi connectivity index (χ3v) is 14.3. The van der Waals surface area contributed by atoms with Gasteiger partial charge in [-0.15, -0.1) is 0 Å².